The maximum Gasteiger partial charge on any atom is 0.0673 e. The number of fused-ring (bicyclic) bond motifs is 3. The van der Waals surface area contributed by atoms with Crippen molar-refractivity contribution in [3.8, 4) is 0 Å². The molecule has 3 rings (SSSR count). The van der Waals surface area contributed by atoms with Gasteiger partial charge in [0, 0.05) is 35.7 Å². The standard InChI is InChI=1S/C11H10Cl2N2/c12-8-3-7-4-9-6-14-1-2-15(9)11(7)10(13)5-8/h3-5,14H,1-2,6H2. The van der Waals surface area contributed by atoms with Gasteiger partial charge in [-0.1, -0.05) is 23.2 Å². The Morgan fingerprint density at radius 2 is 2.07 bits per heavy atom. The number of halogens is 2. The van der Waals surface area contributed by atoms with Gasteiger partial charge in [-0.05, 0) is 18.2 Å². The largest absolute Gasteiger partial charge is 0.341 e. The van der Waals surface area contributed by atoms with Gasteiger partial charge >= 0.3 is 0 Å². The first kappa shape index (κ1) is 9.52. The second-order valence-corrected chi connectivity index (χ2v) is 4.63. The van der Waals surface area contributed by atoms with Gasteiger partial charge in [0.15, 0.2) is 0 Å². The molecule has 78 valence electrons. The van der Waals surface area contributed by atoms with Gasteiger partial charge in [0.1, 0.15) is 0 Å². The van der Waals surface area contributed by atoms with Gasteiger partial charge in [0.2, 0.25) is 0 Å². The number of aromatic nitrogens is 1. The first-order valence-corrected chi connectivity index (χ1v) is 5.69. The normalized spacial score (nSPS) is 15.6. The second kappa shape index (κ2) is 3.41. The summed E-state index contributed by atoms with van der Waals surface area (Å²) in [7, 11) is 0. The number of hydrogen-bond donors (Lipinski definition) is 1. The van der Waals surface area contributed by atoms with Crippen molar-refractivity contribution in [3.63, 3.8) is 0 Å². The summed E-state index contributed by atoms with van der Waals surface area (Å²) in [4.78, 5) is 0. The third-order valence-corrected chi connectivity index (χ3v) is 3.32. The zero-order valence-electron chi connectivity index (χ0n) is 8.06. The van der Waals surface area contributed by atoms with Crippen LogP contribution < -0.4 is 5.32 Å². The number of rotatable bonds is 0. The summed E-state index contributed by atoms with van der Waals surface area (Å²) in [6.45, 7) is 2.87. The lowest BCUT2D eigenvalue weighted by molar-refractivity contribution is 0.527. The minimum absolute atomic E-state index is 0.698. The number of nitrogens with zero attached hydrogens (tertiary/aromatic N) is 1. The van der Waals surface area contributed by atoms with E-state index in [1.807, 2.05) is 6.07 Å². The summed E-state index contributed by atoms with van der Waals surface area (Å²) in [5.41, 5.74) is 2.39. The third kappa shape index (κ3) is 1.44. The van der Waals surface area contributed by atoms with E-state index in [4.69, 9.17) is 23.2 Å². The molecule has 0 bridgehead atoms. The first-order chi connectivity index (χ1) is 7.25. The van der Waals surface area contributed by atoms with Crippen LogP contribution in [0.5, 0.6) is 0 Å². The van der Waals surface area contributed by atoms with E-state index >= 15 is 0 Å². The lowest BCUT2D eigenvalue weighted by Gasteiger charge is -2.17. The molecule has 2 nitrogen and oxygen atoms in total. The SMILES string of the molecule is Clc1cc(Cl)c2c(c1)cc1n2CCNC1. The van der Waals surface area contributed by atoms with Crippen molar-refractivity contribution in [1.29, 1.82) is 0 Å². The Balaban J connectivity index is 2.37. The van der Waals surface area contributed by atoms with Crippen LogP contribution in [0, 0.1) is 0 Å². The quantitative estimate of drug-likeness (QED) is 0.750. The lowest BCUT2D eigenvalue weighted by Crippen LogP contribution is -2.27. The average molecular weight is 241 g/mol. The Morgan fingerprint density at radius 3 is 2.93 bits per heavy atom. The van der Waals surface area contributed by atoms with Crippen molar-refractivity contribution in [2.45, 2.75) is 13.1 Å². The highest BCUT2D eigenvalue weighted by atomic mass is 35.5. The first-order valence-electron chi connectivity index (χ1n) is 4.93. The molecule has 0 aliphatic carbocycles. The van der Waals surface area contributed by atoms with E-state index < -0.39 is 0 Å². The van der Waals surface area contributed by atoms with Crippen molar-refractivity contribution < 1.29 is 0 Å². The number of nitrogens with one attached hydrogen (secondary N) is 1. The predicted octanol–water partition coefficient (Wildman–Crippen LogP) is 3.05. The van der Waals surface area contributed by atoms with Crippen molar-refractivity contribution >= 4 is 34.1 Å². The minimum atomic E-state index is 0.698. The molecule has 1 aliphatic heterocycles. The van der Waals surface area contributed by atoms with Gasteiger partial charge in [-0.15, -0.1) is 0 Å². The van der Waals surface area contributed by atoms with E-state index in [-0.39, 0.29) is 0 Å². The molecule has 2 aromatic rings. The lowest BCUT2D eigenvalue weighted by atomic mass is 10.2. The van der Waals surface area contributed by atoms with E-state index in [1.54, 1.807) is 6.07 Å². The van der Waals surface area contributed by atoms with Crippen LogP contribution in [-0.2, 0) is 13.1 Å². The summed E-state index contributed by atoms with van der Waals surface area (Å²) in [6.07, 6.45) is 0. The summed E-state index contributed by atoms with van der Waals surface area (Å²) in [5, 5.41) is 5.91. The molecule has 0 saturated carbocycles. The van der Waals surface area contributed by atoms with Crippen LogP contribution in [0.3, 0.4) is 0 Å². The molecular weight excluding hydrogens is 231 g/mol. The molecule has 0 atom stereocenters. The fourth-order valence-corrected chi connectivity index (χ4v) is 2.80. The van der Waals surface area contributed by atoms with E-state index in [9.17, 15) is 0 Å². The molecule has 15 heavy (non-hydrogen) atoms. The zero-order chi connectivity index (χ0) is 10.4. The smallest absolute Gasteiger partial charge is 0.0673 e. The van der Waals surface area contributed by atoms with E-state index in [0.29, 0.717) is 5.02 Å². The predicted molar refractivity (Wildman–Crippen MR) is 63.7 cm³/mol. The second-order valence-electron chi connectivity index (χ2n) is 3.79. The maximum absolute atomic E-state index is 6.21. The topological polar surface area (TPSA) is 17.0 Å². The van der Waals surface area contributed by atoms with Crippen molar-refractivity contribution in [3.05, 3.63) is 33.9 Å². The molecule has 0 spiro atoms. The maximum atomic E-state index is 6.21. The number of hydrogen-bond acceptors (Lipinski definition) is 1. The van der Waals surface area contributed by atoms with E-state index in [2.05, 4.69) is 16.0 Å². The highest BCUT2D eigenvalue weighted by Gasteiger charge is 2.14. The highest BCUT2D eigenvalue weighted by molar-refractivity contribution is 6.38. The molecule has 2 heterocycles. The minimum Gasteiger partial charge on any atom is -0.341 e. The molecule has 1 aliphatic rings. The van der Waals surface area contributed by atoms with Gasteiger partial charge in [-0.25, -0.2) is 0 Å². The summed E-state index contributed by atoms with van der Waals surface area (Å²) < 4.78 is 2.27. The Labute approximate surface area is 97.8 Å². The van der Waals surface area contributed by atoms with Crippen molar-refractivity contribution in [2.75, 3.05) is 6.54 Å². The molecule has 0 radical (unpaired) electrons. The Bertz CT molecular complexity index is 531. The molecular formula is C11H10Cl2N2. The molecule has 0 unspecified atom stereocenters. The van der Waals surface area contributed by atoms with Crippen molar-refractivity contribution in [1.82, 2.24) is 9.88 Å². The van der Waals surface area contributed by atoms with Crippen LogP contribution >= 0.6 is 23.2 Å². The van der Waals surface area contributed by atoms with Gasteiger partial charge in [-0.2, -0.15) is 0 Å². The summed E-state index contributed by atoms with van der Waals surface area (Å²) >= 11 is 12.2. The number of benzene rings is 1. The van der Waals surface area contributed by atoms with Crippen molar-refractivity contribution in [2.24, 2.45) is 0 Å². The fourth-order valence-electron chi connectivity index (χ4n) is 2.19. The molecule has 1 aromatic heterocycles. The Kier molecular flexibility index (Phi) is 2.16. The molecule has 0 amide bonds. The summed E-state index contributed by atoms with van der Waals surface area (Å²) in [5.74, 6) is 0. The van der Waals surface area contributed by atoms with E-state index in [1.165, 1.54) is 5.69 Å². The van der Waals surface area contributed by atoms with Crippen LogP contribution in [0.2, 0.25) is 10.0 Å². The molecule has 4 heteroatoms. The van der Waals surface area contributed by atoms with Crippen LogP contribution in [0.15, 0.2) is 18.2 Å². The molecule has 0 saturated heterocycles. The highest BCUT2D eigenvalue weighted by Crippen LogP contribution is 2.31. The molecule has 0 fully saturated rings. The molecule has 1 N–H and O–H groups in total. The van der Waals surface area contributed by atoms with E-state index in [0.717, 1.165) is 35.6 Å². The fraction of sp³-hybridized carbons (Fsp3) is 0.273. The monoisotopic (exact) mass is 240 g/mol. The molecule has 1 aromatic carbocycles. The Morgan fingerprint density at radius 1 is 1.20 bits per heavy atom. The van der Waals surface area contributed by atoms with Gasteiger partial charge in [0.25, 0.3) is 0 Å². The zero-order valence-corrected chi connectivity index (χ0v) is 9.57. The van der Waals surface area contributed by atoms with Crippen LogP contribution in [0.4, 0.5) is 0 Å². The summed E-state index contributed by atoms with van der Waals surface area (Å²) in [6, 6.07) is 5.92. The van der Waals surface area contributed by atoms with Crippen LogP contribution in [0.25, 0.3) is 10.9 Å². The Hall–Kier alpha value is -0.700. The average Bonchev–Trinajstić information content (AvgIpc) is 2.54. The van der Waals surface area contributed by atoms with Gasteiger partial charge in [-0.3, -0.25) is 0 Å². The third-order valence-electron chi connectivity index (χ3n) is 2.81. The van der Waals surface area contributed by atoms with Gasteiger partial charge < -0.3 is 9.88 Å². The van der Waals surface area contributed by atoms with Crippen LogP contribution in [0.1, 0.15) is 5.69 Å². The van der Waals surface area contributed by atoms with Crippen LogP contribution in [-0.4, -0.2) is 11.1 Å². The van der Waals surface area contributed by atoms with Gasteiger partial charge in [0.05, 0.1) is 10.5 Å².